The Balaban J connectivity index is 2.45. The largest absolute Gasteiger partial charge is 0.482 e. The highest BCUT2D eigenvalue weighted by molar-refractivity contribution is 7.71. The molecule has 0 aliphatic heterocycles. The first-order chi connectivity index (χ1) is 13.3. The summed E-state index contributed by atoms with van der Waals surface area (Å²) in [5.74, 6) is -0.497. The van der Waals surface area contributed by atoms with Gasteiger partial charge in [0.05, 0.1) is 31.3 Å². The Morgan fingerprint density at radius 2 is 1.21 bits per heavy atom. The van der Waals surface area contributed by atoms with E-state index in [4.69, 9.17) is 33.9 Å². The van der Waals surface area contributed by atoms with Crippen molar-refractivity contribution >= 4 is 24.4 Å². The van der Waals surface area contributed by atoms with Gasteiger partial charge in [0.15, 0.2) is 9.54 Å². The first-order valence-corrected chi connectivity index (χ1v) is 9.05. The van der Waals surface area contributed by atoms with Gasteiger partial charge >= 0.3 is 0 Å². The predicted molar refractivity (Wildman–Crippen MR) is 110 cm³/mol. The molecule has 28 heavy (non-hydrogen) atoms. The molecule has 0 amide bonds. The van der Waals surface area contributed by atoms with Crippen LogP contribution < -0.4 is 20.6 Å². The van der Waals surface area contributed by atoms with Gasteiger partial charge in [-0.2, -0.15) is 0 Å². The molecule has 0 bridgehead atoms. The van der Waals surface area contributed by atoms with Gasteiger partial charge in [-0.1, -0.05) is 29.8 Å². The molecule has 2 aromatic heterocycles. The maximum absolute atomic E-state index is 12.8. The number of aromatic amines is 4. The molecule has 0 unspecified atom stereocenters. The second-order valence-corrected chi connectivity index (χ2v) is 6.87. The number of aryl methyl sites for hydroxylation is 1. The lowest BCUT2D eigenvalue weighted by Crippen LogP contribution is -2.26. The van der Waals surface area contributed by atoms with Crippen molar-refractivity contribution in [3.8, 4) is 11.8 Å². The highest BCUT2D eigenvalue weighted by atomic mass is 32.1. The van der Waals surface area contributed by atoms with Crippen LogP contribution in [0.15, 0.2) is 33.9 Å². The normalized spacial score (nSPS) is 10.9. The van der Waals surface area contributed by atoms with Crippen molar-refractivity contribution in [3.05, 3.63) is 76.8 Å². The van der Waals surface area contributed by atoms with Gasteiger partial charge in [0.2, 0.25) is 11.8 Å². The van der Waals surface area contributed by atoms with Crippen LogP contribution in [-0.2, 0) is 0 Å². The molecule has 0 saturated heterocycles. The summed E-state index contributed by atoms with van der Waals surface area (Å²) in [5.41, 5.74) is 1.15. The predicted octanol–water partition coefficient (Wildman–Crippen LogP) is 2.68. The van der Waals surface area contributed by atoms with E-state index in [1.165, 1.54) is 14.2 Å². The van der Waals surface area contributed by atoms with E-state index in [1.54, 1.807) is 0 Å². The Morgan fingerprint density at radius 3 is 1.61 bits per heavy atom. The summed E-state index contributed by atoms with van der Waals surface area (Å²) in [6.45, 7) is 1.94. The number of nitrogens with one attached hydrogen (secondary N) is 4. The van der Waals surface area contributed by atoms with Gasteiger partial charge in [0.1, 0.15) is 0 Å². The van der Waals surface area contributed by atoms with E-state index in [2.05, 4.69) is 19.9 Å². The van der Waals surface area contributed by atoms with Crippen molar-refractivity contribution in [1.29, 1.82) is 0 Å². The summed E-state index contributed by atoms with van der Waals surface area (Å²) < 4.78 is 11.0. The number of hydrogen-bond donors (Lipinski definition) is 4. The zero-order chi connectivity index (χ0) is 20.4. The van der Waals surface area contributed by atoms with Crippen molar-refractivity contribution in [2.45, 2.75) is 12.8 Å². The van der Waals surface area contributed by atoms with Gasteiger partial charge in [-0.25, -0.2) is 0 Å². The summed E-state index contributed by atoms with van der Waals surface area (Å²) >= 11 is 10.1. The fraction of sp³-hybridized carbons (Fsp3) is 0.222. The van der Waals surface area contributed by atoms with E-state index in [-0.39, 0.29) is 32.4 Å². The molecule has 0 saturated carbocycles. The molecular formula is C18H18N4O4S2. The molecule has 0 spiro atoms. The van der Waals surface area contributed by atoms with Crippen LogP contribution in [0.3, 0.4) is 0 Å². The number of methoxy groups -OCH3 is 2. The number of aromatic nitrogens is 4. The first kappa shape index (κ1) is 19.8. The highest BCUT2D eigenvalue weighted by Crippen LogP contribution is 2.35. The van der Waals surface area contributed by atoms with Gasteiger partial charge in [-0.15, -0.1) is 0 Å². The van der Waals surface area contributed by atoms with Crippen molar-refractivity contribution in [3.63, 3.8) is 0 Å². The van der Waals surface area contributed by atoms with Crippen LogP contribution in [0.1, 0.15) is 28.2 Å². The van der Waals surface area contributed by atoms with Crippen LogP contribution in [0.4, 0.5) is 0 Å². The average molecular weight is 419 g/mol. The molecule has 0 atom stereocenters. The van der Waals surface area contributed by atoms with Crippen molar-refractivity contribution < 1.29 is 9.47 Å². The molecule has 0 fully saturated rings. The third-order valence-electron chi connectivity index (χ3n) is 4.28. The van der Waals surface area contributed by atoms with Gasteiger partial charge in [0.25, 0.3) is 11.1 Å². The smallest absolute Gasteiger partial charge is 0.259 e. The van der Waals surface area contributed by atoms with Gasteiger partial charge in [0, 0.05) is 0 Å². The van der Waals surface area contributed by atoms with E-state index in [9.17, 15) is 9.59 Å². The van der Waals surface area contributed by atoms with Crippen LogP contribution in [0.2, 0.25) is 0 Å². The minimum Gasteiger partial charge on any atom is -0.482 e. The Labute approximate surface area is 169 Å². The zero-order valence-electron chi connectivity index (χ0n) is 15.3. The Morgan fingerprint density at radius 1 is 0.786 bits per heavy atom. The summed E-state index contributed by atoms with van der Waals surface area (Å²) in [4.78, 5) is 36.4. The van der Waals surface area contributed by atoms with E-state index in [1.807, 2.05) is 31.2 Å². The summed E-state index contributed by atoms with van der Waals surface area (Å²) in [5, 5.41) is 0. The second-order valence-electron chi connectivity index (χ2n) is 6.05. The van der Waals surface area contributed by atoms with E-state index < -0.39 is 17.0 Å². The first-order valence-electron chi connectivity index (χ1n) is 8.23. The summed E-state index contributed by atoms with van der Waals surface area (Å²) in [7, 11) is 2.82. The fourth-order valence-corrected chi connectivity index (χ4v) is 3.40. The Hall–Kier alpha value is -2.98. The molecule has 8 nitrogen and oxygen atoms in total. The maximum atomic E-state index is 12.8. The molecule has 146 valence electrons. The highest BCUT2D eigenvalue weighted by Gasteiger charge is 2.30. The number of ether oxygens (including phenoxy) is 2. The summed E-state index contributed by atoms with van der Waals surface area (Å²) in [6, 6.07) is 7.45. The lowest BCUT2D eigenvalue weighted by molar-refractivity contribution is 0.381. The van der Waals surface area contributed by atoms with Gasteiger partial charge < -0.3 is 19.4 Å². The van der Waals surface area contributed by atoms with Gasteiger partial charge in [-0.3, -0.25) is 19.6 Å². The zero-order valence-corrected chi connectivity index (χ0v) is 17.0. The van der Waals surface area contributed by atoms with E-state index in [0.717, 1.165) is 5.56 Å². The van der Waals surface area contributed by atoms with Crippen LogP contribution in [0, 0.1) is 16.5 Å². The van der Waals surface area contributed by atoms with E-state index >= 15 is 0 Å². The monoisotopic (exact) mass is 418 g/mol. The van der Waals surface area contributed by atoms with Crippen molar-refractivity contribution in [1.82, 2.24) is 19.9 Å². The van der Waals surface area contributed by atoms with Crippen molar-refractivity contribution in [2.75, 3.05) is 14.2 Å². The number of hydrogen-bond acceptors (Lipinski definition) is 6. The topological polar surface area (TPSA) is 116 Å². The average Bonchev–Trinajstić information content (AvgIpc) is 2.65. The number of benzene rings is 1. The second kappa shape index (κ2) is 7.95. The van der Waals surface area contributed by atoms with Crippen molar-refractivity contribution in [2.24, 2.45) is 0 Å². The molecule has 3 aromatic rings. The van der Waals surface area contributed by atoms with Gasteiger partial charge in [-0.05, 0) is 36.9 Å². The Bertz CT molecular complexity index is 1160. The SMILES string of the molecule is COc1[nH]c(=S)[nH]c(=O)c1C(c1ccc(C)cc1)c1c(OC)[nH]c(=S)[nH]c1=O. The number of rotatable bonds is 5. The molecule has 4 N–H and O–H groups in total. The molecular weight excluding hydrogens is 400 g/mol. The van der Waals surface area contributed by atoms with Crippen LogP contribution in [0.25, 0.3) is 0 Å². The fourth-order valence-electron chi connectivity index (χ4n) is 3.03. The standard InChI is InChI=1S/C18H18N4O4S2/c1-8-4-6-9(7-5-8)10(11-13(23)19-17(27)21-15(11)25-2)12-14(24)20-18(28)22-16(12)26-3/h4-7,10H,1-3H3,(H2,19,21,23,27)(H2,20,22,24,28). The third-order valence-corrected chi connectivity index (χ3v) is 4.69. The molecule has 0 aliphatic carbocycles. The molecule has 1 aromatic carbocycles. The lowest BCUT2D eigenvalue weighted by Gasteiger charge is -2.20. The molecule has 10 heteroatoms. The molecule has 0 aliphatic rings. The van der Waals surface area contributed by atoms with E-state index in [0.29, 0.717) is 5.56 Å². The minimum atomic E-state index is -0.809. The third kappa shape index (κ3) is 3.69. The maximum Gasteiger partial charge on any atom is 0.259 e. The summed E-state index contributed by atoms with van der Waals surface area (Å²) in [6.07, 6.45) is 0. The molecule has 2 heterocycles. The van der Waals surface area contributed by atoms with Crippen LogP contribution in [-0.4, -0.2) is 34.2 Å². The van der Waals surface area contributed by atoms with Crippen LogP contribution in [0.5, 0.6) is 11.8 Å². The quantitative estimate of drug-likeness (QED) is 0.474. The van der Waals surface area contributed by atoms with Crippen LogP contribution >= 0.6 is 24.4 Å². The lowest BCUT2D eigenvalue weighted by atomic mass is 9.86. The minimum absolute atomic E-state index is 0.113. The Kier molecular flexibility index (Phi) is 5.61. The molecule has 0 radical (unpaired) electrons. The number of H-pyrrole nitrogens is 4. The molecule has 3 rings (SSSR count).